The van der Waals surface area contributed by atoms with Crippen molar-refractivity contribution in [2.24, 2.45) is 0 Å². The second-order valence-electron chi connectivity index (χ2n) is 10.6. The highest BCUT2D eigenvalue weighted by atomic mass is 32.1. The molecule has 1 N–H and O–H groups in total. The highest BCUT2D eigenvalue weighted by molar-refractivity contribution is 7.27. The molecule has 1 heterocycles. The van der Waals surface area contributed by atoms with Gasteiger partial charge in [0.05, 0.1) is 0 Å². The molecule has 198 valence electrons. The summed E-state index contributed by atoms with van der Waals surface area (Å²) < 4.78 is 2.62. The van der Waals surface area contributed by atoms with Gasteiger partial charge in [0.15, 0.2) is 0 Å². The van der Waals surface area contributed by atoms with E-state index >= 15 is 0 Å². The van der Waals surface area contributed by atoms with E-state index in [1.807, 2.05) is 11.3 Å². The summed E-state index contributed by atoms with van der Waals surface area (Å²) in [6.07, 6.45) is 0. The highest BCUT2D eigenvalue weighted by Gasteiger charge is 2.17. The predicted octanol–water partition coefficient (Wildman–Crippen LogP) is 12.0. The van der Waals surface area contributed by atoms with Crippen molar-refractivity contribution in [2.75, 3.05) is 5.32 Å². The fraction of sp³-hybridized carbons (Fsp3) is 0. The van der Waals surface area contributed by atoms with Gasteiger partial charge in [0.1, 0.15) is 0 Å². The van der Waals surface area contributed by atoms with E-state index in [9.17, 15) is 0 Å². The van der Waals surface area contributed by atoms with E-state index in [-0.39, 0.29) is 0 Å². The number of anilines is 2. The molecule has 0 spiro atoms. The van der Waals surface area contributed by atoms with Crippen LogP contribution in [0.1, 0.15) is 0 Å². The van der Waals surface area contributed by atoms with Gasteiger partial charge in [0.2, 0.25) is 0 Å². The van der Waals surface area contributed by atoms with Crippen LogP contribution < -0.4 is 5.32 Å². The Morgan fingerprint density at radius 1 is 0.405 bits per heavy atom. The summed E-state index contributed by atoms with van der Waals surface area (Å²) >= 11 is 1.89. The van der Waals surface area contributed by atoms with Gasteiger partial charge in [0, 0.05) is 31.5 Å². The molecule has 7 aromatic carbocycles. The first-order valence-electron chi connectivity index (χ1n) is 14.3. The van der Waals surface area contributed by atoms with Crippen molar-refractivity contribution in [1.82, 2.24) is 0 Å². The van der Waals surface area contributed by atoms with Crippen molar-refractivity contribution in [3.05, 3.63) is 158 Å². The summed E-state index contributed by atoms with van der Waals surface area (Å²) in [5.41, 5.74) is 9.64. The Kier molecular flexibility index (Phi) is 6.05. The van der Waals surface area contributed by atoms with Gasteiger partial charge in [-0.2, -0.15) is 0 Å². The largest absolute Gasteiger partial charge is 0.355 e. The van der Waals surface area contributed by atoms with Gasteiger partial charge < -0.3 is 5.32 Å². The number of thiophene rings is 1. The minimum Gasteiger partial charge on any atom is -0.355 e. The van der Waals surface area contributed by atoms with Crippen LogP contribution in [0.5, 0.6) is 0 Å². The van der Waals surface area contributed by atoms with Crippen molar-refractivity contribution >= 4 is 53.7 Å². The molecular weight excluding hydrogens is 527 g/mol. The van der Waals surface area contributed by atoms with E-state index in [1.165, 1.54) is 64.3 Å². The van der Waals surface area contributed by atoms with Gasteiger partial charge >= 0.3 is 0 Å². The lowest BCUT2D eigenvalue weighted by Gasteiger charge is -2.13. The fourth-order valence-corrected chi connectivity index (χ4v) is 7.39. The maximum absolute atomic E-state index is 3.82. The van der Waals surface area contributed by atoms with Gasteiger partial charge in [-0.05, 0) is 68.4 Å². The maximum Gasteiger partial charge on any atom is 0.0479 e. The minimum absolute atomic E-state index is 1.08. The standard InChI is InChI=1S/C40H27NS/c1-3-12-28(13-4-1)34-19-10-20-36-38-37(24-23-35(40(38)42-39(34)36)29-14-5-2-6-15-29)41-33-18-9-17-31(26-33)32-22-21-27-11-7-8-16-30(27)25-32/h1-26,41H. The van der Waals surface area contributed by atoms with E-state index in [0.717, 1.165) is 11.4 Å². The molecule has 0 aliphatic rings. The van der Waals surface area contributed by atoms with E-state index < -0.39 is 0 Å². The van der Waals surface area contributed by atoms with Crippen molar-refractivity contribution in [2.45, 2.75) is 0 Å². The lowest BCUT2D eigenvalue weighted by atomic mass is 9.98. The molecule has 0 unspecified atom stereocenters. The smallest absolute Gasteiger partial charge is 0.0479 e. The zero-order chi connectivity index (χ0) is 27.9. The number of nitrogens with one attached hydrogen (secondary N) is 1. The van der Waals surface area contributed by atoms with Crippen LogP contribution in [0.15, 0.2) is 158 Å². The van der Waals surface area contributed by atoms with Crippen LogP contribution in [0.4, 0.5) is 11.4 Å². The third-order valence-electron chi connectivity index (χ3n) is 8.04. The third kappa shape index (κ3) is 4.34. The molecule has 0 fully saturated rings. The van der Waals surface area contributed by atoms with Gasteiger partial charge in [-0.25, -0.2) is 0 Å². The molecule has 0 amide bonds. The van der Waals surface area contributed by atoms with Crippen LogP contribution in [-0.4, -0.2) is 0 Å². The second-order valence-corrected chi connectivity index (χ2v) is 11.7. The van der Waals surface area contributed by atoms with Crippen LogP contribution in [0, 0.1) is 0 Å². The number of hydrogen-bond donors (Lipinski definition) is 1. The molecule has 2 heteroatoms. The Labute approximate surface area is 249 Å². The topological polar surface area (TPSA) is 12.0 Å². The van der Waals surface area contributed by atoms with Crippen LogP contribution in [0.2, 0.25) is 0 Å². The quantitative estimate of drug-likeness (QED) is 0.223. The zero-order valence-electron chi connectivity index (χ0n) is 22.9. The van der Waals surface area contributed by atoms with Gasteiger partial charge in [-0.15, -0.1) is 11.3 Å². The molecule has 0 radical (unpaired) electrons. The summed E-state index contributed by atoms with van der Waals surface area (Å²) in [5, 5.41) is 8.88. The first-order chi connectivity index (χ1) is 20.8. The van der Waals surface area contributed by atoms with E-state index in [4.69, 9.17) is 0 Å². The molecule has 42 heavy (non-hydrogen) atoms. The SMILES string of the molecule is c1ccc(-c2cccc3c2sc2c(-c4ccccc4)ccc(Nc4cccc(-c5ccc6ccccc6c5)c4)c23)cc1. The molecule has 0 saturated carbocycles. The summed E-state index contributed by atoms with van der Waals surface area (Å²) in [7, 11) is 0. The minimum atomic E-state index is 1.08. The number of benzene rings is 7. The number of fused-ring (bicyclic) bond motifs is 4. The normalized spacial score (nSPS) is 11.3. The van der Waals surface area contributed by atoms with Crippen molar-refractivity contribution in [3.8, 4) is 33.4 Å². The van der Waals surface area contributed by atoms with Crippen LogP contribution in [0.3, 0.4) is 0 Å². The van der Waals surface area contributed by atoms with Crippen molar-refractivity contribution < 1.29 is 0 Å². The van der Waals surface area contributed by atoms with E-state index in [0.29, 0.717) is 0 Å². The average Bonchev–Trinajstić information content (AvgIpc) is 3.46. The molecule has 0 aliphatic carbocycles. The van der Waals surface area contributed by atoms with Crippen LogP contribution in [0.25, 0.3) is 64.3 Å². The first kappa shape index (κ1) is 24.6. The molecule has 8 aromatic rings. The van der Waals surface area contributed by atoms with Gasteiger partial charge in [0.25, 0.3) is 0 Å². The zero-order valence-corrected chi connectivity index (χ0v) is 23.7. The fourth-order valence-electron chi connectivity index (χ4n) is 6.00. The molecule has 8 rings (SSSR count). The van der Waals surface area contributed by atoms with Gasteiger partial charge in [-0.1, -0.05) is 133 Å². The Balaban J connectivity index is 1.29. The molecule has 1 nitrogen and oxygen atoms in total. The predicted molar refractivity (Wildman–Crippen MR) is 183 cm³/mol. The molecule has 0 bridgehead atoms. The molecule has 0 saturated heterocycles. The van der Waals surface area contributed by atoms with Crippen molar-refractivity contribution in [1.29, 1.82) is 0 Å². The Hall–Kier alpha value is -5.18. The third-order valence-corrected chi connectivity index (χ3v) is 9.31. The highest BCUT2D eigenvalue weighted by Crippen LogP contribution is 2.47. The van der Waals surface area contributed by atoms with E-state index in [1.54, 1.807) is 0 Å². The van der Waals surface area contributed by atoms with Crippen LogP contribution in [-0.2, 0) is 0 Å². The van der Waals surface area contributed by atoms with Crippen LogP contribution >= 0.6 is 11.3 Å². The lowest BCUT2D eigenvalue weighted by molar-refractivity contribution is 1.57. The van der Waals surface area contributed by atoms with Crippen molar-refractivity contribution in [3.63, 3.8) is 0 Å². The first-order valence-corrected chi connectivity index (χ1v) is 15.1. The number of hydrogen-bond acceptors (Lipinski definition) is 2. The summed E-state index contributed by atoms with van der Waals surface area (Å²) in [6, 6.07) is 56.6. The second kappa shape index (κ2) is 10.3. The lowest BCUT2D eigenvalue weighted by Crippen LogP contribution is -1.92. The number of rotatable bonds is 5. The molecule has 1 aromatic heterocycles. The molecular formula is C40H27NS. The summed E-state index contributed by atoms with van der Waals surface area (Å²) in [6.45, 7) is 0. The Bertz CT molecular complexity index is 2210. The molecule has 0 atom stereocenters. The van der Waals surface area contributed by atoms with Gasteiger partial charge in [-0.3, -0.25) is 0 Å². The monoisotopic (exact) mass is 553 g/mol. The maximum atomic E-state index is 3.82. The Morgan fingerprint density at radius 2 is 1.05 bits per heavy atom. The Morgan fingerprint density at radius 3 is 1.83 bits per heavy atom. The average molecular weight is 554 g/mol. The van der Waals surface area contributed by atoms with E-state index in [2.05, 4.69) is 163 Å². The summed E-state index contributed by atoms with van der Waals surface area (Å²) in [4.78, 5) is 0. The summed E-state index contributed by atoms with van der Waals surface area (Å²) in [5.74, 6) is 0. The molecule has 0 aliphatic heterocycles.